The fraction of sp³-hybridized carbons (Fsp3) is 0.643. The molecule has 0 aromatic carbocycles. The number of hydrogen-bond donors (Lipinski definition) is 3. The van der Waals surface area contributed by atoms with E-state index in [2.05, 4.69) is 25.9 Å². The molecule has 0 aliphatic heterocycles. The van der Waals surface area contributed by atoms with Crippen molar-refractivity contribution in [2.45, 2.75) is 46.6 Å². The van der Waals surface area contributed by atoms with Crippen LogP contribution in [0.5, 0.6) is 0 Å². The van der Waals surface area contributed by atoms with Crippen LogP contribution in [-0.2, 0) is 11.2 Å². The predicted octanol–water partition coefficient (Wildman–Crippen LogP) is 1.80. The van der Waals surface area contributed by atoms with Crippen LogP contribution in [0.1, 0.15) is 39.7 Å². The fourth-order valence-electron chi connectivity index (χ4n) is 1.86. The normalized spacial score (nSPS) is 11.8. The molecule has 112 valence electrons. The van der Waals surface area contributed by atoms with Crippen molar-refractivity contribution in [1.29, 1.82) is 0 Å². The van der Waals surface area contributed by atoms with Crippen LogP contribution in [0.4, 0.5) is 11.6 Å². The van der Waals surface area contributed by atoms with Crippen molar-refractivity contribution in [2.75, 3.05) is 23.7 Å². The standard InChI is InChI=1S/C14H25N5O/c1-5-8-16-14(20)10(4)19-13-11(6-2)12(15-7-3)17-9-18-13/h9-10H,5-8H2,1-4H3,(H,16,20)(H2,15,17,18,19). The van der Waals surface area contributed by atoms with Crippen molar-refractivity contribution in [3.05, 3.63) is 11.9 Å². The van der Waals surface area contributed by atoms with Crippen LogP contribution < -0.4 is 16.0 Å². The van der Waals surface area contributed by atoms with E-state index in [0.717, 1.165) is 36.6 Å². The van der Waals surface area contributed by atoms with Crippen molar-refractivity contribution in [1.82, 2.24) is 15.3 Å². The minimum absolute atomic E-state index is 0.0162. The van der Waals surface area contributed by atoms with E-state index in [1.54, 1.807) is 0 Å². The summed E-state index contributed by atoms with van der Waals surface area (Å²) in [5, 5.41) is 9.25. The zero-order valence-electron chi connectivity index (χ0n) is 12.8. The maximum Gasteiger partial charge on any atom is 0.242 e. The van der Waals surface area contributed by atoms with E-state index in [1.807, 2.05) is 27.7 Å². The molecule has 0 saturated heterocycles. The molecule has 0 bridgehead atoms. The summed E-state index contributed by atoms with van der Waals surface area (Å²) in [7, 11) is 0. The summed E-state index contributed by atoms with van der Waals surface area (Å²) in [4.78, 5) is 20.4. The first-order valence-electron chi connectivity index (χ1n) is 7.25. The molecule has 1 rings (SSSR count). The Kier molecular flexibility index (Phi) is 6.76. The molecule has 1 heterocycles. The maximum atomic E-state index is 11.9. The highest BCUT2D eigenvalue weighted by Crippen LogP contribution is 2.20. The molecule has 20 heavy (non-hydrogen) atoms. The molecule has 0 radical (unpaired) electrons. The van der Waals surface area contributed by atoms with Gasteiger partial charge in [-0.15, -0.1) is 0 Å². The van der Waals surface area contributed by atoms with Gasteiger partial charge >= 0.3 is 0 Å². The van der Waals surface area contributed by atoms with Crippen LogP contribution >= 0.6 is 0 Å². The van der Waals surface area contributed by atoms with Crippen LogP contribution in [0.3, 0.4) is 0 Å². The molecule has 1 aromatic heterocycles. The number of nitrogens with zero attached hydrogens (tertiary/aromatic N) is 2. The van der Waals surface area contributed by atoms with Crippen LogP contribution in [0.15, 0.2) is 6.33 Å². The highest BCUT2D eigenvalue weighted by atomic mass is 16.2. The first-order valence-corrected chi connectivity index (χ1v) is 7.25. The lowest BCUT2D eigenvalue weighted by atomic mass is 10.2. The van der Waals surface area contributed by atoms with Gasteiger partial charge in [0.1, 0.15) is 24.0 Å². The fourth-order valence-corrected chi connectivity index (χ4v) is 1.86. The molecule has 6 heteroatoms. The summed E-state index contributed by atoms with van der Waals surface area (Å²) in [6.45, 7) is 9.43. The summed E-state index contributed by atoms with van der Waals surface area (Å²) < 4.78 is 0. The van der Waals surface area contributed by atoms with E-state index in [-0.39, 0.29) is 11.9 Å². The molecule has 0 saturated carbocycles. The third-order valence-corrected chi connectivity index (χ3v) is 2.94. The van der Waals surface area contributed by atoms with Crippen molar-refractivity contribution in [3.63, 3.8) is 0 Å². The van der Waals surface area contributed by atoms with E-state index in [0.29, 0.717) is 6.54 Å². The Hall–Kier alpha value is -1.85. The maximum absolute atomic E-state index is 11.9. The number of carbonyl (C=O) groups excluding carboxylic acids is 1. The Morgan fingerprint density at radius 3 is 2.55 bits per heavy atom. The molecular weight excluding hydrogens is 254 g/mol. The van der Waals surface area contributed by atoms with E-state index in [1.165, 1.54) is 6.33 Å². The zero-order chi connectivity index (χ0) is 15.0. The van der Waals surface area contributed by atoms with Crippen LogP contribution in [0, 0.1) is 0 Å². The second-order valence-electron chi connectivity index (χ2n) is 4.59. The average Bonchev–Trinajstić information content (AvgIpc) is 2.45. The van der Waals surface area contributed by atoms with Crippen molar-refractivity contribution < 1.29 is 4.79 Å². The minimum atomic E-state index is -0.323. The molecule has 1 unspecified atom stereocenters. The van der Waals surface area contributed by atoms with E-state index in [9.17, 15) is 4.79 Å². The third-order valence-electron chi connectivity index (χ3n) is 2.94. The highest BCUT2D eigenvalue weighted by molar-refractivity contribution is 5.84. The van der Waals surface area contributed by atoms with Crippen molar-refractivity contribution in [2.24, 2.45) is 0 Å². The van der Waals surface area contributed by atoms with Gasteiger partial charge in [0.15, 0.2) is 0 Å². The molecule has 0 aliphatic carbocycles. The van der Waals surface area contributed by atoms with Gasteiger partial charge in [-0.2, -0.15) is 0 Å². The molecule has 0 aliphatic rings. The van der Waals surface area contributed by atoms with Crippen LogP contribution in [-0.4, -0.2) is 35.0 Å². The van der Waals surface area contributed by atoms with Crippen molar-refractivity contribution in [3.8, 4) is 0 Å². The number of amides is 1. The number of aromatic nitrogens is 2. The monoisotopic (exact) mass is 279 g/mol. The van der Waals surface area contributed by atoms with Gasteiger partial charge in [-0.1, -0.05) is 13.8 Å². The van der Waals surface area contributed by atoms with Crippen LogP contribution in [0.2, 0.25) is 0 Å². The summed E-state index contributed by atoms with van der Waals surface area (Å²) >= 11 is 0. The number of rotatable bonds is 8. The topological polar surface area (TPSA) is 78.9 Å². The highest BCUT2D eigenvalue weighted by Gasteiger charge is 2.16. The largest absolute Gasteiger partial charge is 0.370 e. The number of carbonyl (C=O) groups is 1. The van der Waals surface area contributed by atoms with Gasteiger partial charge in [0, 0.05) is 18.7 Å². The molecule has 6 nitrogen and oxygen atoms in total. The van der Waals surface area contributed by atoms with Crippen molar-refractivity contribution >= 4 is 17.5 Å². The zero-order valence-corrected chi connectivity index (χ0v) is 12.8. The Balaban J connectivity index is 2.80. The van der Waals surface area contributed by atoms with Gasteiger partial charge in [-0.25, -0.2) is 9.97 Å². The second kappa shape index (κ2) is 8.35. The summed E-state index contributed by atoms with van der Waals surface area (Å²) in [6, 6.07) is -0.323. The molecule has 0 fully saturated rings. The Morgan fingerprint density at radius 2 is 1.95 bits per heavy atom. The number of anilines is 2. The van der Waals surface area contributed by atoms with Crippen LogP contribution in [0.25, 0.3) is 0 Å². The Labute approximate surface area is 120 Å². The summed E-state index contributed by atoms with van der Waals surface area (Å²) in [6.07, 6.45) is 3.24. The quantitative estimate of drug-likeness (QED) is 0.676. The number of nitrogens with one attached hydrogen (secondary N) is 3. The van der Waals surface area contributed by atoms with E-state index < -0.39 is 0 Å². The van der Waals surface area contributed by atoms with Gasteiger partial charge < -0.3 is 16.0 Å². The molecular formula is C14H25N5O. The van der Waals surface area contributed by atoms with Gasteiger partial charge in [-0.05, 0) is 26.7 Å². The lowest BCUT2D eigenvalue weighted by molar-refractivity contribution is -0.121. The predicted molar refractivity (Wildman–Crippen MR) is 82.0 cm³/mol. The van der Waals surface area contributed by atoms with Gasteiger partial charge in [-0.3, -0.25) is 4.79 Å². The first kappa shape index (κ1) is 16.2. The van der Waals surface area contributed by atoms with Gasteiger partial charge in [0.25, 0.3) is 0 Å². The molecule has 1 amide bonds. The SMILES string of the molecule is CCCNC(=O)C(C)Nc1ncnc(NCC)c1CC. The molecule has 1 atom stereocenters. The Morgan fingerprint density at radius 1 is 1.25 bits per heavy atom. The minimum Gasteiger partial charge on any atom is -0.370 e. The Bertz CT molecular complexity index is 436. The first-order chi connectivity index (χ1) is 9.63. The lowest BCUT2D eigenvalue weighted by Gasteiger charge is -2.18. The lowest BCUT2D eigenvalue weighted by Crippen LogP contribution is -2.38. The smallest absolute Gasteiger partial charge is 0.242 e. The van der Waals surface area contributed by atoms with E-state index in [4.69, 9.17) is 0 Å². The van der Waals surface area contributed by atoms with E-state index >= 15 is 0 Å². The van der Waals surface area contributed by atoms with Gasteiger partial charge in [0.2, 0.25) is 5.91 Å². The van der Waals surface area contributed by atoms with Gasteiger partial charge in [0.05, 0.1) is 0 Å². The molecule has 1 aromatic rings. The molecule has 0 spiro atoms. The molecule has 3 N–H and O–H groups in total. The average molecular weight is 279 g/mol. The number of hydrogen-bond acceptors (Lipinski definition) is 5. The summed E-state index contributed by atoms with van der Waals surface area (Å²) in [5.41, 5.74) is 1.00. The third kappa shape index (κ3) is 4.36. The summed E-state index contributed by atoms with van der Waals surface area (Å²) in [5.74, 6) is 1.53. The second-order valence-corrected chi connectivity index (χ2v) is 4.59.